The van der Waals surface area contributed by atoms with Crippen molar-refractivity contribution in [3.05, 3.63) is 40.9 Å². The normalized spacial score (nSPS) is 17.4. The van der Waals surface area contributed by atoms with Crippen LogP contribution in [0.5, 0.6) is 5.75 Å². The average molecular weight is 436 g/mol. The van der Waals surface area contributed by atoms with Crippen LogP contribution in [-0.4, -0.2) is 54.9 Å². The topological polar surface area (TPSA) is 146 Å². The quantitative estimate of drug-likeness (QED) is 0.228. The molecule has 1 aromatic rings. The van der Waals surface area contributed by atoms with E-state index in [1.54, 1.807) is 30.3 Å². The molecular formula is C16H19F3N4O5S. The van der Waals surface area contributed by atoms with Gasteiger partial charge in [0.25, 0.3) is 5.91 Å². The Morgan fingerprint density at radius 1 is 1.24 bits per heavy atom. The summed E-state index contributed by atoms with van der Waals surface area (Å²) in [5.74, 6) is -1.10. The molecule has 0 atom stereocenters. The minimum atomic E-state index is -5.38. The molecule has 1 aliphatic heterocycles. The molecule has 0 aromatic heterocycles. The van der Waals surface area contributed by atoms with Gasteiger partial charge in [-0.25, -0.2) is 13.9 Å². The number of piperidine rings is 1. The molecule has 1 amide bonds. The van der Waals surface area contributed by atoms with E-state index < -0.39 is 38.4 Å². The highest BCUT2D eigenvalue weighted by Gasteiger charge is 2.46. The van der Waals surface area contributed by atoms with E-state index in [1.807, 2.05) is 0 Å². The molecule has 0 aliphatic carbocycles. The van der Waals surface area contributed by atoms with Gasteiger partial charge in [-0.05, 0) is 25.0 Å². The molecule has 1 saturated heterocycles. The number of sulfonamides is 1. The van der Waals surface area contributed by atoms with Gasteiger partial charge in [0.15, 0.2) is 5.71 Å². The summed E-state index contributed by atoms with van der Waals surface area (Å²) in [6, 6.07) is 8.72. The second kappa shape index (κ2) is 8.80. The predicted octanol–water partition coefficient (Wildman–Crippen LogP) is 1.12. The van der Waals surface area contributed by atoms with Gasteiger partial charge in [0.05, 0.1) is 0 Å². The summed E-state index contributed by atoms with van der Waals surface area (Å²) in [5, 5.41) is 15.8. The summed E-state index contributed by atoms with van der Waals surface area (Å²) in [5.41, 5.74) is 2.46. The molecule has 160 valence electrons. The zero-order valence-electron chi connectivity index (χ0n) is 14.9. The third-order valence-electron chi connectivity index (χ3n) is 4.15. The second-order valence-corrected chi connectivity index (χ2v) is 7.97. The first kappa shape index (κ1) is 22.6. The number of hydrogen-bond acceptors (Lipinski definition) is 7. The molecule has 5 N–H and O–H groups in total. The SMILES string of the molecule is N=C(/C(=C(\N)C(=O)NO)S(=O)(=O)N1CCC(Oc2ccccc2)CC1)C(F)(F)F. The van der Waals surface area contributed by atoms with Crippen molar-refractivity contribution >= 4 is 21.6 Å². The van der Waals surface area contributed by atoms with E-state index in [9.17, 15) is 26.4 Å². The lowest BCUT2D eigenvalue weighted by Gasteiger charge is -2.32. The highest BCUT2D eigenvalue weighted by molar-refractivity contribution is 7.94. The minimum absolute atomic E-state index is 0.173. The highest BCUT2D eigenvalue weighted by atomic mass is 32.2. The maximum absolute atomic E-state index is 13.0. The van der Waals surface area contributed by atoms with E-state index in [2.05, 4.69) is 0 Å². The van der Waals surface area contributed by atoms with Crippen molar-refractivity contribution < 1.29 is 36.3 Å². The van der Waals surface area contributed by atoms with Crippen molar-refractivity contribution in [2.24, 2.45) is 5.73 Å². The van der Waals surface area contributed by atoms with Crippen molar-refractivity contribution in [3.63, 3.8) is 0 Å². The molecule has 13 heteroatoms. The molecule has 0 radical (unpaired) electrons. The Kier molecular flexibility index (Phi) is 6.87. The van der Waals surface area contributed by atoms with Crippen LogP contribution in [-0.2, 0) is 14.8 Å². The second-order valence-electron chi connectivity index (χ2n) is 6.09. The number of rotatable bonds is 6. The number of nitrogens with zero attached hydrogens (tertiary/aromatic N) is 1. The van der Waals surface area contributed by atoms with Crippen LogP contribution in [0.1, 0.15) is 12.8 Å². The molecular weight excluding hydrogens is 417 g/mol. The predicted molar refractivity (Wildman–Crippen MR) is 95.5 cm³/mol. The summed E-state index contributed by atoms with van der Waals surface area (Å²) < 4.78 is 70.9. The Bertz CT molecular complexity index is 895. The van der Waals surface area contributed by atoms with Crippen LogP contribution >= 0.6 is 0 Å². The fourth-order valence-corrected chi connectivity index (χ4v) is 4.40. The Labute approximate surface area is 164 Å². The number of ether oxygens (including phenoxy) is 1. The van der Waals surface area contributed by atoms with E-state index in [1.165, 1.54) is 0 Å². The van der Waals surface area contributed by atoms with Gasteiger partial charge in [0, 0.05) is 13.1 Å². The zero-order valence-corrected chi connectivity index (χ0v) is 15.8. The molecule has 2 rings (SSSR count). The number of carbonyl (C=O) groups excluding carboxylic acids is 1. The van der Waals surface area contributed by atoms with Crippen LogP contribution in [0.15, 0.2) is 40.9 Å². The number of hydroxylamine groups is 1. The lowest BCUT2D eigenvalue weighted by molar-refractivity contribution is -0.125. The lowest BCUT2D eigenvalue weighted by atomic mass is 10.1. The maximum Gasteiger partial charge on any atom is 0.434 e. The number of allylic oxidation sites excluding steroid dienone is 1. The molecule has 1 aromatic carbocycles. The molecule has 1 heterocycles. The van der Waals surface area contributed by atoms with Crippen LogP contribution in [0.2, 0.25) is 0 Å². The molecule has 0 unspecified atom stereocenters. The Hall–Kier alpha value is -2.64. The van der Waals surface area contributed by atoms with Gasteiger partial charge >= 0.3 is 6.18 Å². The summed E-state index contributed by atoms with van der Waals surface area (Å²) in [4.78, 5) is 9.75. The first-order valence-electron chi connectivity index (χ1n) is 8.30. The van der Waals surface area contributed by atoms with Gasteiger partial charge in [0.2, 0.25) is 10.0 Å². The highest BCUT2D eigenvalue weighted by Crippen LogP contribution is 2.29. The molecule has 29 heavy (non-hydrogen) atoms. The summed E-state index contributed by atoms with van der Waals surface area (Å²) in [6.45, 7) is -0.412. The van der Waals surface area contributed by atoms with Crippen molar-refractivity contribution in [1.29, 1.82) is 5.41 Å². The molecule has 1 fully saturated rings. The number of alkyl halides is 3. The van der Waals surface area contributed by atoms with Crippen molar-refractivity contribution in [2.45, 2.75) is 25.1 Å². The van der Waals surface area contributed by atoms with Gasteiger partial charge in [-0.2, -0.15) is 17.5 Å². The Morgan fingerprint density at radius 3 is 2.28 bits per heavy atom. The molecule has 0 spiro atoms. The van der Waals surface area contributed by atoms with E-state index in [0.717, 1.165) is 5.48 Å². The number of para-hydroxylation sites is 1. The van der Waals surface area contributed by atoms with Gasteiger partial charge in [-0.15, -0.1) is 0 Å². The van der Waals surface area contributed by atoms with E-state index in [0.29, 0.717) is 10.1 Å². The average Bonchev–Trinajstić information content (AvgIpc) is 2.67. The number of hydrogen-bond donors (Lipinski definition) is 4. The summed E-state index contributed by atoms with van der Waals surface area (Å²) >= 11 is 0. The third-order valence-corrected chi connectivity index (χ3v) is 6.13. The van der Waals surface area contributed by atoms with Gasteiger partial charge in [0.1, 0.15) is 22.5 Å². The molecule has 1 aliphatic rings. The van der Waals surface area contributed by atoms with Crippen molar-refractivity contribution in [2.75, 3.05) is 13.1 Å². The number of amides is 1. The molecule has 9 nitrogen and oxygen atoms in total. The van der Waals surface area contributed by atoms with Gasteiger partial charge in [-0.3, -0.25) is 15.4 Å². The Morgan fingerprint density at radius 2 is 1.79 bits per heavy atom. The summed E-state index contributed by atoms with van der Waals surface area (Å²) in [6.07, 6.45) is -5.39. The maximum atomic E-state index is 13.0. The smallest absolute Gasteiger partial charge is 0.434 e. The number of carbonyl (C=O) groups is 1. The number of nitrogens with two attached hydrogens (primary N) is 1. The summed E-state index contributed by atoms with van der Waals surface area (Å²) in [7, 11) is -4.94. The van der Waals surface area contributed by atoms with E-state index >= 15 is 0 Å². The minimum Gasteiger partial charge on any atom is -0.490 e. The number of halogens is 3. The monoisotopic (exact) mass is 436 g/mol. The Balaban J connectivity index is 2.25. The number of benzene rings is 1. The lowest BCUT2D eigenvalue weighted by Crippen LogP contribution is -2.46. The fourth-order valence-electron chi connectivity index (χ4n) is 2.71. The van der Waals surface area contributed by atoms with Crippen LogP contribution < -0.4 is 16.0 Å². The fraction of sp³-hybridized carbons (Fsp3) is 0.375. The van der Waals surface area contributed by atoms with Crippen LogP contribution in [0, 0.1) is 5.41 Å². The van der Waals surface area contributed by atoms with Crippen molar-refractivity contribution in [1.82, 2.24) is 9.79 Å². The van der Waals surface area contributed by atoms with Gasteiger partial charge in [-0.1, -0.05) is 18.2 Å². The molecule has 0 saturated carbocycles. The number of nitrogens with one attached hydrogen (secondary N) is 2. The van der Waals surface area contributed by atoms with E-state index in [4.69, 9.17) is 21.1 Å². The first-order valence-corrected chi connectivity index (χ1v) is 9.74. The first-order chi connectivity index (χ1) is 13.5. The standard InChI is InChI=1S/C16H19F3N4O5S/c17-16(18,19)14(21)13(12(20)15(24)22-25)29(26,27)23-8-6-11(7-9-23)28-10-4-2-1-3-5-10/h1-5,11,21,25H,6-9,20H2,(H,22,24)/b13-12+,21-14?. The largest absolute Gasteiger partial charge is 0.490 e. The van der Waals surface area contributed by atoms with Crippen LogP contribution in [0.3, 0.4) is 0 Å². The zero-order chi connectivity index (χ0) is 21.8. The van der Waals surface area contributed by atoms with Crippen LogP contribution in [0.25, 0.3) is 0 Å². The third kappa shape index (κ3) is 5.25. The van der Waals surface area contributed by atoms with Crippen LogP contribution in [0.4, 0.5) is 13.2 Å². The van der Waals surface area contributed by atoms with Crippen molar-refractivity contribution in [3.8, 4) is 5.75 Å². The van der Waals surface area contributed by atoms with E-state index in [-0.39, 0.29) is 32.0 Å². The molecule has 0 bridgehead atoms. The van der Waals surface area contributed by atoms with Gasteiger partial charge < -0.3 is 10.5 Å².